The van der Waals surface area contributed by atoms with E-state index in [1.807, 2.05) is 24.3 Å². The van der Waals surface area contributed by atoms with Crippen LogP contribution in [-0.4, -0.2) is 53.7 Å². The number of carbonyl (C=O) groups is 2. The number of aromatic nitrogens is 1. The summed E-state index contributed by atoms with van der Waals surface area (Å²) in [4.78, 5) is 32.5. The van der Waals surface area contributed by atoms with Crippen molar-refractivity contribution < 1.29 is 19.4 Å². The minimum Gasteiger partial charge on any atom is -0.494 e. The number of rotatable bonds is 10. The molecule has 1 aromatic heterocycles. The van der Waals surface area contributed by atoms with Crippen LogP contribution in [0.1, 0.15) is 24.8 Å². The molecule has 0 saturated carbocycles. The number of nitrogens with one attached hydrogen (secondary N) is 3. The summed E-state index contributed by atoms with van der Waals surface area (Å²) in [6, 6.07) is 11.8. The lowest BCUT2D eigenvalue weighted by Gasteiger charge is -2.15. The molecule has 4 rings (SSSR count). The van der Waals surface area contributed by atoms with Crippen LogP contribution in [0, 0.1) is 0 Å². The number of fused-ring (bicyclic) bond motifs is 1. The average Bonchev–Trinajstić information content (AvgIpc) is 3.24. The van der Waals surface area contributed by atoms with E-state index >= 15 is 0 Å². The van der Waals surface area contributed by atoms with Gasteiger partial charge in [0.25, 0.3) is 0 Å². The molecule has 0 spiro atoms. The number of hydrogen-bond acceptors (Lipinski definition) is 8. The third kappa shape index (κ3) is 7.30. The van der Waals surface area contributed by atoms with E-state index in [0.29, 0.717) is 41.3 Å². The largest absolute Gasteiger partial charge is 0.494 e. The summed E-state index contributed by atoms with van der Waals surface area (Å²) >= 11 is 7.39. The molecule has 3 aromatic rings. The fourth-order valence-electron chi connectivity index (χ4n) is 3.50. The van der Waals surface area contributed by atoms with Crippen molar-refractivity contribution in [3.63, 3.8) is 0 Å². The molecular formula is C24H26ClN5O4S. The van der Waals surface area contributed by atoms with E-state index in [1.165, 1.54) is 11.3 Å². The SMILES string of the molecule is O=C(CCCOc1ccc(CC(Nc2nc3ccc(Cl)cc3s2)C(=O)O)cc1)NC1=NCCCN1. The van der Waals surface area contributed by atoms with Gasteiger partial charge in [0.1, 0.15) is 11.8 Å². The third-order valence-electron chi connectivity index (χ3n) is 5.28. The highest BCUT2D eigenvalue weighted by Gasteiger charge is 2.20. The maximum atomic E-state index is 12.0. The minimum atomic E-state index is -0.963. The van der Waals surface area contributed by atoms with Gasteiger partial charge in [-0.1, -0.05) is 35.1 Å². The van der Waals surface area contributed by atoms with Crippen molar-refractivity contribution in [1.29, 1.82) is 0 Å². The van der Waals surface area contributed by atoms with Crippen LogP contribution in [0.4, 0.5) is 5.13 Å². The number of halogens is 1. The Kier molecular flexibility index (Phi) is 8.38. The standard InChI is InChI=1S/C24H26ClN5O4S/c25-16-6-9-18-20(14-16)35-24(28-18)29-19(22(32)33)13-15-4-7-17(8-5-15)34-12-1-3-21(31)30-23-26-10-2-11-27-23/h4-9,14,19H,1-3,10-13H2,(H,28,29)(H,32,33)(H2,26,27,30,31). The predicted octanol–water partition coefficient (Wildman–Crippen LogP) is 3.68. The van der Waals surface area contributed by atoms with Crippen LogP contribution in [-0.2, 0) is 16.0 Å². The summed E-state index contributed by atoms with van der Waals surface area (Å²) in [5.74, 6) is 0.144. The van der Waals surface area contributed by atoms with Gasteiger partial charge in [-0.3, -0.25) is 15.1 Å². The van der Waals surface area contributed by atoms with Crippen LogP contribution in [0.15, 0.2) is 47.5 Å². The number of hydrogen-bond donors (Lipinski definition) is 4. The smallest absolute Gasteiger partial charge is 0.326 e. The lowest BCUT2D eigenvalue weighted by atomic mass is 10.1. The molecule has 1 atom stereocenters. The molecular weight excluding hydrogens is 490 g/mol. The number of amides is 1. The van der Waals surface area contributed by atoms with Gasteiger partial charge in [-0.25, -0.2) is 9.78 Å². The Bertz CT molecular complexity index is 1210. The van der Waals surface area contributed by atoms with Gasteiger partial charge in [-0.05, 0) is 48.7 Å². The molecule has 1 aliphatic rings. The van der Waals surface area contributed by atoms with Crippen LogP contribution in [0.3, 0.4) is 0 Å². The van der Waals surface area contributed by atoms with E-state index in [-0.39, 0.29) is 12.3 Å². The first-order valence-corrected chi connectivity index (χ1v) is 12.5. The Hall–Kier alpha value is -3.37. The number of carboxylic acid groups (broad SMARTS) is 1. The molecule has 2 heterocycles. The Labute approximate surface area is 211 Å². The van der Waals surface area contributed by atoms with Crippen molar-refractivity contribution in [2.45, 2.75) is 31.7 Å². The molecule has 184 valence electrons. The normalized spacial score (nSPS) is 14.0. The van der Waals surface area contributed by atoms with Crippen molar-refractivity contribution in [3.05, 3.63) is 53.1 Å². The van der Waals surface area contributed by atoms with E-state index in [4.69, 9.17) is 16.3 Å². The summed E-state index contributed by atoms with van der Waals surface area (Å²) in [6.07, 6.45) is 2.16. The number of aliphatic imine (C=N–C) groups is 1. The van der Waals surface area contributed by atoms with Crippen LogP contribution in [0.5, 0.6) is 5.75 Å². The molecule has 1 aliphatic heterocycles. The van der Waals surface area contributed by atoms with Gasteiger partial charge in [-0.2, -0.15) is 0 Å². The fourth-order valence-corrected chi connectivity index (χ4v) is 4.69. The number of carboxylic acids is 1. The zero-order valence-electron chi connectivity index (χ0n) is 18.9. The number of thiazole rings is 1. The Balaban J connectivity index is 1.24. The highest BCUT2D eigenvalue weighted by Crippen LogP contribution is 2.29. The molecule has 0 fully saturated rings. The van der Waals surface area contributed by atoms with Crippen molar-refractivity contribution in [2.75, 3.05) is 25.0 Å². The quantitative estimate of drug-likeness (QED) is 0.303. The molecule has 35 heavy (non-hydrogen) atoms. The first-order chi connectivity index (χ1) is 17.0. The van der Waals surface area contributed by atoms with Gasteiger partial charge in [0.15, 0.2) is 11.1 Å². The van der Waals surface area contributed by atoms with E-state index in [9.17, 15) is 14.7 Å². The van der Waals surface area contributed by atoms with Crippen LogP contribution in [0.2, 0.25) is 5.02 Å². The van der Waals surface area contributed by atoms with Gasteiger partial charge in [0.05, 0.1) is 16.8 Å². The maximum absolute atomic E-state index is 12.0. The van der Waals surface area contributed by atoms with Crippen molar-refractivity contribution in [2.24, 2.45) is 4.99 Å². The molecule has 9 nitrogen and oxygen atoms in total. The molecule has 0 saturated heterocycles. The summed E-state index contributed by atoms with van der Waals surface area (Å²) in [5, 5.41) is 19.7. The number of carbonyl (C=O) groups excluding carboxylic acids is 1. The van der Waals surface area contributed by atoms with Gasteiger partial charge < -0.3 is 20.5 Å². The predicted molar refractivity (Wildman–Crippen MR) is 138 cm³/mol. The van der Waals surface area contributed by atoms with Crippen molar-refractivity contribution in [1.82, 2.24) is 15.6 Å². The number of aliphatic carboxylic acids is 1. The highest BCUT2D eigenvalue weighted by molar-refractivity contribution is 7.22. The van der Waals surface area contributed by atoms with Gasteiger partial charge in [0.2, 0.25) is 5.91 Å². The lowest BCUT2D eigenvalue weighted by Crippen LogP contribution is -2.43. The number of anilines is 1. The monoisotopic (exact) mass is 515 g/mol. The number of guanidine groups is 1. The molecule has 0 radical (unpaired) electrons. The molecule has 1 amide bonds. The Morgan fingerprint density at radius 1 is 1.23 bits per heavy atom. The minimum absolute atomic E-state index is 0.0967. The number of benzene rings is 2. The van der Waals surface area contributed by atoms with Gasteiger partial charge >= 0.3 is 5.97 Å². The topological polar surface area (TPSA) is 125 Å². The Morgan fingerprint density at radius 3 is 2.80 bits per heavy atom. The van der Waals surface area contributed by atoms with E-state index in [1.54, 1.807) is 18.2 Å². The molecule has 0 aliphatic carbocycles. The second kappa shape index (κ2) is 11.9. The number of nitrogens with zero attached hydrogens (tertiary/aromatic N) is 2. The van der Waals surface area contributed by atoms with E-state index in [2.05, 4.69) is 25.9 Å². The summed E-state index contributed by atoms with van der Waals surface area (Å²) < 4.78 is 6.61. The second-order valence-corrected chi connectivity index (χ2v) is 9.49. The third-order valence-corrected chi connectivity index (χ3v) is 6.47. The average molecular weight is 516 g/mol. The van der Waals surface area contributed by atoms with E-state index < -0.39 is 12.0 Å². The van der Waals surface area contributed by atoms with Crippen molar-refractivity contribution in [3.8, 4) is 5.75 Å². The lowest BCUT2D eigenvalue weighted by molar-refractivity contribution is -0.137. The summed E-state index contributed by atoms with van der Waals surface area (Å²) in [7, 11) is 0. The fraction of sp³-hybridized carbons (Fsp3) is 0.333. The van der Waals surface area contributed by atoms with Gasteiger partial charge in [0, 0.05) is 31.0 Å². The maximum Gasteiger partial charge on any atom is 0.326 e. The molecule has 1 unspecified atom stereocenters. The van der Waals surface area contributed by atoms with E-state index in [0.717, 1.165) is 35.3 Å². The first-order valence-electron chi connectivity index (χ1n) is 11.3. The van der Waals surface area contributed by atoms with Gasteiger partial charge in [-0.15, -0.1) is 0 Å². The second-order valence-electron chi connectivity index (χ2n) is 8.03. The van der Waals surface area contributed by atoms with Crippen LogP contribution >= 0.6 is 22.9 Å². The first kappa shape index (κ1) is 24.7. The highest BCUT2D eigenvalue weighted by atomic mass is 35.5. The molecule has 0 bridgehead atoms. The Morgan fingerprint density at radius 2 is 2.06 bits per heavy atom. The summed E-state index contributed by atoms with van der Waals surface area (Å²) in [5.41, 5.74) is 1.62. The zero-order valence-corrected chi connectivity index (χ0v) is 20.5. The van der Waals surface area contributed by atoms with Crippen LogP contribution < -0.4 is 20.7 Å². The molecule has 2 aromatic carbocycles. The summed E-state index contributed by atoms with van der Waals surface area (Å²) in [6.45, 7) is 1.94. The number of ether oxygens (including phenoxy) is 1. The zero-order chi connectivity index (χ0) is 24.6. The van der Waals surface area contributed by atoms with Crippen LogP contribution in [0.25, 0.3) is 10.2 Å². The van der Waals surface area contributed by atoms with Crippen molar-refractivity contribution >= 4 is 56.1 Å². The molecule has 11 heteroatoms. The molecule has 4 N–H and O–H groups in total.